The topological polar surface area (TPSA) is 75.3 Å². The van der Waals surface area contributed by atoms with Crippen molar-refractivity contribution >= 4 is 24.1 Å². The van der Waals surface area contributed by atoms with Crippen LogP contribution in [0.15, 0.2) is 18.2 Å². The highest BCUT2D eigenvalue weighted by atomic mass is 35.5. The van der Waals surface area contributed by atoms with Crippen molar-refractivity contribution in [3.05, 3.63) is 29.3 Å². The number of nitrogen functional groups attached to an aromatic ring is 1. The van der Waals surface area contributed by atoms with Crippen molar-refractivity contribution in [1.29, 1.82) is 0 Å². The number of hydrogen-bond donors (Lipinski definition) is 3. The van der Waals surface area contributed by atoms with Crippen LogP contribution in [0.25, 0.3) is 0 Å². The largest absolute Gasteiger partial charge is 0.478 e. The third-order valence-corrected chi connectivity index (χ3v) is 2.47. The number of benzene rings is 1. The Morgan fingerprint density at radius 1 is 1.47 bits per heavy atom. The van der Waals surface area contributed by atoms with Crippen LogP contribution in [-0.2, 0) is 0 Å². The van der Waals surface area contributed by atoms with Crippen LogP contribution < -0.4 is 11.3 Å². The average molecular weight is 229 g/mol. The molecule has 1 saturated carbocycles. The molecule has 0 bridgehead atoms. The molecule has 0 radical (unpaired) electrons. The number of anilines is 1. The van der Waals surface area contributed by atoms with Gasteiger partial charge in [0.25, 0.3) is 0 Å². The molecule has 0 aliphatic heterocycles. The molecule has 0 unspecified atom stereocenters. The van der Waals surface area contributed by atoms with Crippen LogP contribution in [0.4, 0.5) is 5.69 Å². The van der Waals surface area contributed by atoms with E-state index in [9.17, 15) is 4.79 Å². The van der Waals surface area contributed by atoms with E-state index in [2.05, 4.69) is 5.43 Å². The lowest BCUT2D eigenvalue weighted by atomic mass is 10.0. The van der Waals surface area contributed by atoms with Gasteiger partial charge in [-0.1, -0.05) is 0 Å². The van der Waals surface area contributed by atoms with Gasteiger partial charge < -0.3 is 10.5 Å². The number of carboxylic acid groups (broad SMARTS) is 1. The van der Waals surface area contributed by atoms with E-state index in [1.54, 1.807) is 18.2 Å². The highest BCUT2D eigenvalue weighted by Crippen LogP contribution is 2.43. The van der Waals surface area contributed by atoms with Gasteiger partial charge in [0.1, 0.15) is 0 Å². The van der Waals surface area contributed by atoms with Gasteiger partial charge in [0.15, 0.2) is 0 Å². The van der Waals surface area contributed by atoms with Crippen molar-refractivity contribution in [3.8, 4) is 0 Å². The number of hydrazine groups is 1. The fourth-order valence-electron chi connectivity index (χ4n) is 1.56. The Hall–Kier alpha value is -1.26. The number of carbonyl (C=O) groups is 1. The monoisotopic (exact) mass is 228 g/mol. The SMILES string of the molecule is Cl.NNc1ccc(C(=O)O)cc1C1CC1. The van der Waals surface area contributed by atoms with Gasteiger partial charge >= 0.3 is 5.97 Å². The Morgan fingerprint density at radius 2 is 2.13 bits per heavy atom. The first kappa shape index (κ1) is 11.8. The maximum atomic E-state index is 10.7. The fourth-order valence-corrected chi connectivity index (χ4v) is 1.56. The molecule has 0 heterocycles. The van der Waals surface area contributed by atoms with Gasteiger partial charge in [-0.2, -0.15) is 0 Å². The second-order valence-corrected chi connectivity index (χ2v) is 3.53. The maximum Gasteiger partial charge on any atom is 0.335 e. The second-order valence-electron chi connectivity index (χ2n) is 3.53. The quantitative estimate of drug-likeness (QED) is 0.546. The van der Waals surface area contributed by atoms with Crippen molar-refractivity contribution in [2.75, 3.05) is 5.43 Å². The van der Waals surface area contributed by atoms with Crippen LogP contribution in [0.2, 0.25) is 0 Å². The minimum Gasteiger partial charge on any atom is -0.478 e. The van der Waals surface area contributed by atoms with E-state index >= 15 is 0 Å². The number of hydrogen-bond acceptors (Lipinski definition) is 3. The Labute approximate surface area is 93.9 Å². The molecule has 0 spiro atoms. The maximum absolute atomic E-state index is 10.7. The van der Waals surface area contributed by atoms with E-state index < -0.39 is 5.97 Å². The Morgan fingerprint density at radius 3 is 2.60 bits per heavy atom. The summed E-state index contributed by atoms with van der Waals surface area (Å²) in [5.74, 6) is 4.94. The lowest BCUT2D eigenvalue weighted by Crippen LogP contribution is -2.10. The van der Waals surface area contributed by atoms with Crippen LogP contribution in [0.5, 0.6) is 0 Å². The number of carboxylic acids is 1. The average Bonchev–Trinajstić information content (AvgIpc) is 3.00. The zero-order chi connectivity index (χ0) is 10.1. The number of nitrogens with one attached hydrogen (secondary N) is 1. The van der Waals surface area contributed by atoms with Crippen molar-refractivity contribution in [3.63, 3.8) is 0 Å². The molecule has 4 nitrogen and oxygen atoms in total. The highest BCUT2D eigenvalue weighted by molar-refractivity contribution is 5.88. The van der Waals surface area contributed by atoms with E-state index in [-0.39, 0.29) is 12.4 Å². The zero-order valence-electron chi connectivity index (χ0n) is 8.06. The van der Waals surface area contributed by atoms with Gasteiger partial charge in [0.05, 0.1) is 11.3 Å². The lowest BCUT2D eigenvalue weighted by Gasteiger charge is -2.08. The molecule has 1 aromatic carbocycles. The predicted molar refractivity (Wildman–Crippen MR) is 60.4 cm³/mol. The molecular weight excluding hydrogens is 216 g/mol. The lowest BCUT2D eigenvalue weighted by molar-refractivity contribution is 0.0697. The van der Waals surface area contributed by atoms with Crippen molar-refractivity contribution < 1.29 is 9.90 Å². The summed E-state index contributed by atoms with van der Waals surface area (Å²) < 4.78 is 0. The van der Waals surface area contributed by atoms with E-state index in [1.165, 1.54) is 0 Å². The molecule has 4 N–H and O–H groups in total. The Balaban J connectivity index is 0.00000112. The molecule has 0 saturated heterocycles. The summed E-state index contributed by atoms with van der Waals surface area (Å²) in [6.45, 7) is 0. The molecule has 1 aliphatic carbocycles. The van der Waals surface area contributed by atoms with E-state index in [0.29, 0.717) is 11.5 Å². The van der Waals surface area contributed by atoms with Gasteiger partial charge in [0, 0.05) is 0 Å². The van der Waals surface area contributed by atoms with Crippen LogP contribution >= 0.6 is 12.4 Å². The van der Waals surface area contributed by atoms with E-state index in [1.807, 2.05) is 0 Å². The third kappa shape index (κ3) is 2.40. The summed E-state index contributed by atoms with van der Waals surface area (Å²) in [6.07, 6.45) is 2.25. The fraction of sp³-hybridized carbons (Fsp3) is 0.300. The van der Waals surface area contributed by atoms with Gasteiger partial charge in [-0.25, -0.2) is 4.79 Å². The minimum atomic E-state index is -0.893. The van der Waals surface area contributed by atoms with Crippen LogP contribution in [0.3, 0.4) is 0 Å². The van der Waals surface area contributed by atoms with Crippen molar-refractivity contribution in [2.24, 2.45) is 5.84 Å². The van der Waals surface area contributed by atoms with Crippen molar-refractivity contribution in [2.45, 2.75) is 18.8 Å². The molecule has 1 aliphatic rings. The summed E-state index contributed by atoms with van der Waals surface area (Å²) in [5, 5.41) is 8.82. The predicted octanol–water partition coefficient (Wildman–Crippen LogP) is 1.97. The van der Waals surface area contributed by atoms with E-state index in [0.717, 1.165) is 24.1 Å². The zero-order valence-corrected chi connectivity index (χ0v) is 8.88. The number of aromatic carboxylic acids is 1. The molecule has 0 atom stereocenters. The van der Waals surface area contributed by atoms with Crippen LogP contribution in [0, 0.1) is 0 Å². The molecule has 82 valence electrons. The number of nitrogens with two attached hydrogens (primary N) is 1. The summed E-state index contributed by atoms with van der Waals surface area (Å²) >= 11 is 0. The Bertz CT molecular complexity index is 378. The molecule has 0 amide bonds. The minimum absolute atomic E-state index is 0. The number of rotatable bonds is 3. The molecule has 5 heteroatoms. The van der Waals surface area contributed by atoms with Gasteiger partial charge in [-0.05, 0) is 42.5 Å². The summed E-state index contributed by atoms with van der Waals surface area (Å²) in [7, 11) is 0. The molecule has 15 heavy (non-hydrogen) atoms. The summed E-state index contributed by atoms with van der Waals surface area (Å²) in [6, 6.07) is 4.98. The second kappa shape index (κ2) is 4.51. The van der Waals surface area contributed by atoms with Crippen LogP contribution in [-0.4, -0.2) is 11.1 Å². The summed E-state index contributed by atoms with van der Waals surface area (Å²) in [5.41, 5.74) is 4.77. The van der Waals surface area contributed by atoms with E-state index in [4.69, 9.17) is 10.9 Å². The molecule has 1 fully saturated rings. The first-order chi connectivity index (χ1) is 6.72. The normalized spacial score (nSPS) is 14.2. The first-order valence-electron chi connectivity index (χ1n) is 4.56. The molecule has 2 rings (SSSR count). The summed E-state index contributed by atoms with van der Waals surface area (Å²) in [4.78, 5) is 10.7. The molecule has 0 aromatic heterocycles. The molecule has 1 aromatic rings. The smallest absolute Gasteiger partial charge is 0.335 e. The third-order valence-electron chi connectivity index (χ3n) is 2.47. The van der Waals surface area contributed by atoms with Crippen LogP contribution in [0.1, 0.15) is 34.7 Å². The van der Waals surface area contributed by atoms with Gasteiger partial charge in [-0.3, -0.25) is 5.84 Å². The van der Waals surface area contributed by atoms with Gasteiger partial charge in [0.2, 0.25) is 0 Å². The first-order valence-corrected chi connectivity index (χ1v) is 4.56. The highest BCUT2D eigenvalue weighted by Gasteiger charge is 2.26. The van der Waals surface area contributed by atoms with Gasteiger partial charge in [-0.15, -0.1) is 12.4 Å². The Kier molecular flexibility index (Phi) is 3.55. The van der Waals surface area contributed by atoms with Crippen molar-refractivity contribution in [1.82, 2.24) is 0 Å². The standard InChI is InChI=1S/C10H12N2O2.ClH/c11-12-9-4-3-7(10(13)14)5-8(9)6-1-2-6;/h3-6,12H,1-2,11H2,(H,13,14);1H. The number of halogens is 1. The molecular formula is C10H13ClN2O2.